The van der Waals surface area contributed by atoms with Crippen molar-refractivity contribution in [1.82, 2.24) is 0 Å². The molecule has 0 N–H and O–H groups in total. The average Bonchev–Trinajstić information content (AvgIpc) is 2.54. The lowest BCUT2D eigenvalue weighted by Crippen LogP contribution is -2.24. The number of hydrogen-bond donors (Lipinski definition) is 0. The summed E-state index contributed by atoms with van der Waals surface area (Å²) in [5.74, 6) is 1.01. The highest BCUT2D eigenvalue weighted by molar-refractivity contribution is 5.42. The summed E-state index contributed by atoms with van der Waals surface area (Å²) in [6.07, 6.45) is 0.959. The van der Waals surface area contributed by atoms with Crippen LogP contribution in [0.1, 0.15) is 84.6 Å². The van der Waals surface area contributed by atoms with Crippen molar-refractivity contribution >= 4 is 0 Å². The van der Waals surface area contributed by atoms with Crippen molar-refractivity contribution in [2.24, 2.45) is 0 Å². The minimum Gasteiger partial charge on any atom is -0.494 e. The number of rotatable bonds is 5. The summed E-state index contributed by atoms with van der Waals surface area (Å²) in [5.41, 5.74) is 5.81. The Hall–Kier alpha value is -1.76. The standard InChI is InChI=1S/C26H38O/c1-10-27-23-14-12-11-13-19(23)18-26(8,9)22-16-20(24(2,3)4)15-21(17-22)25(5,6)7/h11-17H,10,18H2,1-9H3. The molecule has 2 aromatic carbocycles. The minimum absolute atomic E-state index is 0.0223. The fraction of sp³-hybridized carbons (Fsp3) is 0.538. The molecule has 148 valence electrons. The van der Waals surface area contributed by atoms with Gasteiger partial charge in [0.25, 0.3) is 0 Å². The van der Waals surface area contributed by atoms with Crippen LogP contribution in [0.3, 0.4) is 0 Å². The molecule has 0 atom stereocenters. The van der Waals surface area contributed by atoms with Crippen LogP contribution in [0.15, 0.2) is 42.5 Å². The molecule has 0 unspecified atom stereocenters. The van der Waals surface area contributed by atoms with Crippen LogP contribution in [0.25, 0.3) is 0 Å². The van der Waals surface area contributed by atoms with Gasteiger partial charge in [-0.3, -0.25) is 0 Å². The van der Waals surface area contributed by atoms with Gasteiger partial charge in [-0.25, -0.2) is 0 Å². The minimum atomic E-state index is 0.0223. The summed E-state index contributed by atoms with van der Waals surface area (Å²) < 4.78 is 5.87. The molecule has 0 aliphatic carbocycles. The highest BCUT2D eigenvalue weighted by Gasteiger charge is 2.27. The molecular weight excluding hydrogens is 328 g/mol. The molecular formula is C26H38O. The van der Waals surface area contributed by atoms with Gasteiger partial charge >= 0.3 is 0 Å². The van der Waals surface area contributed by atoms with Gasteiger partial charge in [0.15, 0.2) is 0 Å². The average molecular weight is 367 g/mol. The Morgan fingerprint density at radius 3 is 1.67 bits per heavy atom. The SMILES string of the molecule is CCOc1ccccc1CC(C)(C)c1cc(C(C)(C)C)cc(C(C)(C)C)c1. The summed E-state index contributed by atoms with van der Waals surface area (Å²) in [4.78, 5) is 0. The fourth-order valence-corrected chi connectivity index (χ4v) is 3.41. The Balaban J connectivity index is 2.52. The summed E-state index contributed by atoms with van der Waals surface area (Å²) >= 11 is 0. The van der Waals surface area contributed by atoms with Gasteiger partial charge in [0.05, 0.1) is 6.61 Å². The third-order valence-electron chi connectivity index (χ3n) is 5.35. The van der Waals surface area contributed by atoms with Crippen molar-refractivity contribution in [1.29, 1.82) is 0 Å². The third-order valence-corrected chi connectivity index (χ3v) is 5.35. The van der Waals surface area contributed by atoms with Crippen LogP contribution < -0.4 is 4.74 Å². The van der Waals surface area contributed by atoms with E-state index in [1.165, 1.54) is 22.3 Å². The number of para-hydroxylation sites is 1. The van der Waals surface area contributed by atoms with E-state index in [-0.39, 0.29) is 16.2 Å². The van der Waals surface area contributed by atoms with Gasteiger partial charge in [0.1, 0.15) is 5.75 Å². The van der Waals surface area contributed by atoms with Gasteiger partial charge in [0, 0.05) is 0 Å². The first-order valence-electron chi connectivity index (χ1n) is 10.2. The molecule has 0 aliphatic rings. The van der Waals surface area contributed by atoms with Gasteiger partial charge in [-0.05, 0) is 57.9 Å². The van der Waals surface area contributed by atoms with Crippen LogP contribution in [0.2, 0.25) is 0 Å². The van der Waals surface area contributed by atoms with Crippen molar-refractivity contribution in [3.63, 3.8) is 0 Å². The predicted molar refractivity (Wildman–Crippen MR) is 118 cm³/mol. The first-order valence-corrected chi connectivity index (χ1v) is 10.2. The second kappa shape index (κ2) is 7.70. The summed E-state index contributed by atoms with van der Waals surface area (Å²) in [6, 6.07) is 15.7. The van der Waals surface area contributed by atoms with Crippen molar-refractivity contribution < 1.29 is 4.74 Å². The maximum atomic E-state index is 5.87. The largest absolute Gasteiger partial charge is 0.494 e. The normalized spacial score (nSPS) is 12.9. The first kappa shape index (κ1) is 21.5. The molecule has 1 heteroatoms. The Bertz CT molecular complexity index is 737. The van der Waals surface area contributed by atoms with Crippen LogP contribution in [-0.2, 0) is 22.7 Å². The molecule has 0 aliphatic heterocycles. The Morgan fingerprint density at radius 1 is 0.704 bits per heavy atom. The first-order chi connectivity index (χ1) is 12.3. The van der Waals surface area contributed by atoms with Crippen LogP contribution in [0.4, 0.5) is 0 Å². The van der Waals surface area contributed by atoms with Crippen LogP contribution in [0.5, 0.6) is 5.75 Å². The molecule has 0 heterocycles. The van der Waals surface area contributed by atoms with E-state index in [9.17, 15) is 0 Å². The molecule has 0 saturated heterocycles. The number of ether oxygens (including phenoxy) is 1. The zero-order valence-electron chi connectivity index (χ0n) is 18.9. The number of hydrogen-bond acceptors (Lipinski definition) is 1. The molecule has 0 bridgehead atoms. The molecule has 27 heavy (non-hydrogen) atoms. The van der Waals surface area contributed by atoms with Gasteiger partial charge in [0.2, 0.25) is 0 Å². The van der Waals surface area contributed by atoms with E-state index in [0.717, 1.165) is 12.2 Å². The maximum Gasteiger partial charge on any atom is 0.122 e. The summed E-state index contributed by atoms with van der Waals surface area (Å²) in [6.45, 7) is 21.3. The van der Waals surface area contributed by atoms with E-state index >= 15 is 0 Å². The lowest BCUT2D eigenvalue weighted by molar-refractivity contribution is 0.333. The molecule has 1 nitrogen and oxygen atoms in total. The zero-order chi connectivity index (χ0) is 20.5. The molecule has 0 amide bonds. The van der Waals surface area contributed by atoms with Crippen molar-refractivity contribution in [2.45, 2.75) is 85.0 Å². The van der Waals surface area contributed by atoms with E-state index in [4.69, 9.17) is 4.74 Å². The van der Waals surface area contributed by atoms with Crippen molar-refractivity contribution in [3.05, 3.63) is 64.7 Å². The van der Waals surface area contributed by atoms with Gasteiger partial charge < -0.3 is 4.74 Å². The van der Waals surface area contributed by atoms with Crippen LogP contribution in [0, 0.1) is 0 Å². The molecule has 0 aromatic heterocycles. The van der Waals surface area contributed by atoms with E-state index in [1.807, 2.05) is 6.92 Å². The molecule has 2 rings (SSSR count). The maximum absolute atomic E-state index is 5.87. The Labute approximate surface area is 167 Å². The monoisotopic (exact) mass is 366 g/mol. The molecule has 0 radical (unpaired) electrons. The van der Waals surface area contributed by atoms with Gasteiger partial charge in [-0.1, -0.05) is 91.8 Å². The molecule has 0 saturated carbocycles. The third kappa shape index (κ3) is 5.37. The quantitative estimate of drug-likeness (QED) is 0.543. The zero-order valence-corrected chi connectivity index (χ0v) is 18.9. The smallest absolute Gasteiger partial charge is 0.122 e. The molecule has 2 aromatic rings. The van der Waals surface area contributed by atoms with Crippen molar-refractivity contribution in [2.75, 3.05) is 6.61 Å². The lowest BCUT2D eigenvalue weighted by Gasteiger charge is -2.32. The lowest BCUT2D eigenvalue weighted by atomic mass is 9.73. The van der Waals surface area contributed by atoms with E-state index in [0.29, 0.717) is 6.61 Å². The Kier molecular flexibility index (Phi) is 6.14. The fourth-order valence-electron chi connectivity index (χ4n) is 3.41. The summed E-state index contributed by atoms with van der Waals surface area (Å²) in [7, 11) is 0. The predicted octanol–water partition coefficient (Wildman–Crippen LogP) is 7.20. The number of benzene rings is 2. The van der Waals surface area contributed by atoms with E-state index < -0.39 is 0 Å². The van der Waals surface area contributed by atoms with E-state index in [2.05, 4.69) is 97.9 Å². The highest BCUT2D eigenvalue weighted by atomic mass is 16.5. The Morgan fingerprint density at radius 2 is 1.19 bits per heavy atom. The van der Waals surface area contributed by atoms with Gasteiger partial charge in [-0.15, -0.1) is 0 Å². The van der Waals surface area contributed by atoms with Crippen LogP contribution in [-0.4, -0.2) is 6.61 Å². The van der Waals surface area contributed by atoms with E-state index in [1.54, 1.807) is 0 Å². The topological polar surface area (TPSA) is 9.23 Å². The second-order valence-electron chi connectivity index (χ2n) is 10.4. The summed E-state index contributed by atoms with van der Waals surface area (Å²) in [5, 5.41) is 0. The van der Waals surface area contributed by atoms with Crippen molar-refractivity contribution in [3.8, 4) is 5.75 Å². The highest BCUT2D eigenvalue weighted by Crippen LogP contribution is 2.37. The van der Waals surface area contributed by atoms with Crippen LogP contribution >= 0.6 is 0 Å². The molecule has 0 fully saturated rings. The second-order valence-corrected chi connectivity index (χ2v) is 10.4. The molecule has 0 spiro atoms. The van der Waals surface area contributed by atoms with Gasteiger partial charge in [-0.2, -0.15) is 0 Å².